The number of anilines is 1. The second-order valence-electron chi connectivity index (χ2n) is 10.5. The van der Waals surface area contributed by atoms with Crippen LogP contribution in [0.2, 0.25) is 0 Å². The van der Waals surface area contributed by atoms with Crippen molar-refractivity contribution in [3.05, 3.63) is 130 Å². The summed E-state index contributed by atoms with van der Waals surface area (Å²) in [6.07, 6.45) is 8.07. The number of pyridine rings is 1. The minimum atomic E-state index is -0.860. The Morgan fingerprint density at radius 1 is 0.976 bits per heavy atom. The van der Waals surface area contributed by atoms with Crippen molar-refractivity contribution in [2.45, 2.75) is 31.8 Å². The van der Waals surface area contributed by atoms with E-state index >= 15 is 0 Å². The van der Waals surface area contributed by atoms with Crippen molar-refractivity contribution >= 4 is 29.7 Å². The Kier molecular flexibility index (Phi) is 8.44. The molecule has 1 amide bonds. The van der Waals surface area contributed by atoms with Gasteiger partial charge in [0.15, 0.2) is 0 Å². The second-order valence-corrected chi connectivity index (χ2v) is 10.5. The third-order valence-corrected chi connectivity index (χ3v) is 7.82. The van der Waals surface area contributed by atoms with Gasteiger partial charge in [-0.2, -0.15) is 5.26 Å². The van der Waals surface area contributed by atoms with Crippen LogP contribution >= 0.6 is 0 Å². The van der Waals surface area contributed by atoms with Gasteiger partial charge in [-0.05, 0) is 59.7 Å². The molecule has 0 unspecified atom stereocenters. The largest absolute Gasteiger partial charge is 0.457 e. The molecule has 0 aliphatic carbocycles. The number of hydrogen-bond acceptors (Lipinski definition) is 6. The number of rotatable bonds is 7. The third-order valence-electron chi connectivity index (χ3n) is 7.82. The molecule has 2 N–H and O–H groups in total. The normalized spacial score (nSPS) is 14.3. The van der Waals surface area contributed by atoms with Crippen molar-refractivity contribution in [2.75, 3.05) is 18.8 Å². The molecule has 1 fully saturated rings. The summed E-state index contributed by atoms with van der Waals surface area (Å²) in [6, 6.07) is 27.2. The molecule has 5 rings (SSSR count). The van der Waals surface area contributed by atoms with Crippen LogP contribution < -0.4 is 5.73 Å². The first kappa shape index (κ1) is 28.3. The summed E-state index contributed by atoms with van der Waals surface area (Å²) >= 11 is 0. The summed E-state index contributed by atoms with van der Waals surface area (Å²) in [5.74, 6) is -0.645. The Morgan fingerprint density at radius 2 is 1.64 bits per heavy atom. The van der Waals surface area contributed by atoms with Gasteiger partial charge < -0.3 is 15.4 Å². The van der Waals surface area contributed by atoms with E-state index in [0.29, 0.717) is 42.7 Å². The standard InChI is InChI=1S/C35H32N4O3/c1-25-30(14-15-31(37)32(25)34(41)42-23-27-10-6-3-7-11-27)35(24-36)16-18-39(19-17-35)33(40)29-20-28(21-38-22-29)13-12-26-8-4-2-5-9-26/h2-15,20-22H,16-19,23,37H2,1H3. The molecule has 42 heavy (non-hydrogen) atoms. The number of piperidine rings is 1. The lowest BCUT2D eigenvalue weighted by Gasteiger charge is -2.38. The van der Waals surface area contributed by atoms with Crippen LogP contribution in [0.5, 0.6) is 0 Å². The predicted molar refractivity (Wildman–Crippen MR) is 163 cm³/mol. The van der Waals surface area contributed by atoms with Crippen LogP contribution in [0.1, 0.15) is 61.4 Å². The summed E-state index contributed by atoms with van der Waals surface area (Å²) in [6.45, 7) is 2.73. The number of aromatic nitrogens is 1. The third kappa shape index (κ3) is 6.08. The fraction of sp³-hybridized carbons (Fsp3) is 0.200. The van der Waals surface area contributed by atoms with Gasteiger partial charge in [0, 0.05) is 31.2 Å². The molecule has 0 radical (unpaired) electrons. The zero-order chi connectivity index (χ0) is 29.5. The van der Waals surface area contributed by atoms with Crippen molar-refractivity contribution in [1.82, 2.24) is 9.88 Å². The number of nitrogens with zero attached hydrogens (tertiary/aromatic N) is 3. The Bertz CT molecular complexity index is 1650. The molecule has 1 aromatic heterocycles. The number of nitrogens with two attached hydrogens (primary N) is 1. The van der Waals surface area contributed by atoms with Gasteiger partial charge in [0.05, 0.1) is 22.6 Å². The summed E-state index contributed by atoms with van der Waals surface area (Å²) in [4.78, 5) is 32.5. The summed E-state index contributed by atoms with van der Waals surface area (Å²) in [7, 11) is 0. The molecule has 1 aliphatic heterocycles. The molecule has 7 nitrogen and oxygen atoms in total. The lowest BCUT2D eigenvalue weighted by atomic mass is 9.71. The molecule has 0 atom stereocenters. The van der Waals surface area contributed by atoms with E-state index in [-0.39, 0.29) is 18.1 Å². The highest BCUT2D eigenvalue weighted by Crippen LogP contribution is 2.39. The highest BCUT2D eigenvalue weighted by molar-refractivity contribution is 5.97. The number of amides is 1. The quantitative estimate of drug-likeness (QED) is 0.215. The second kappa shape index (κ2) is 12.5. The molecule has 0 spiro atoms. The van der Waals surface area contributed by atoms with E-state index in [1.807, 2.05) is 91.9 Å². The predicted octanol–water partition coefficient (Wildman–Crippen LogP) is 6.20. The molecule has 1 aliphatic rings. The van der Waals surface area contributed by atoms with Gasteiger partial charge in [-0.25, -0.2) is 4.79 Å². The van der Waals surface area contributed by atoms with Crippen molar-refractivity contribution in [2.24, 2.45) is 0 Å². The van der Waals surface area contributed by atoms with Gasteiger partial charge in [0.25, 0.3) is 5.91 Å². The van der Waals surface area contributed by atoms with E-state index < -0.39 is 11.4 Å². The summed E-state index contributed by atoms with van der Waals surface area (Å²) < 4.78 is 5.57. The summed E-state index contributed by atoms with van der Waals surface area (Å²) in [5.41, 5.74) is 10.6. The number of ether oxygens (including phenoxy) is 1. The highest BCUT2D eigenvalue weighted by Gasteiger charge is 2.40. The van der Waals surface area contributed by atoms with E-state index in [4.69, 9.17) is 10.5 Å². The van der Waals surface area contributed by atoms with Crippen molar-refractivity contribution < 1.29 is 14.3 Å². The molecule has 0 bridgehead atoms. The number of hydrogen-bond donors (Lipinski definition) is 1. The Balaban J connectivity index is 1.30. The first-order valence-electron chi connectivity index (χ1n) is 13.9. The van der Waals surface area contributed by atoms with E-state index in [2.05, 4.69) is 11.1 Å². The fourth-order valence-corrected chi connectivity index (χ4v) is 5.46. The topological polar surface area (TPSA) is 109 Å². The summed E-state index contributed by atoms with van der Waals surface area (Å²) in [5, 5.41) is 10.4. The molecule has 1 saturated heterocycles. The number of nitrogen functional groups attached to an aromatic ring is 1. The van der Waals surface area contributed by atoms with E-state index in [1.165, 1.54) is 0 Å². The minimum absolute atomic E-state index is 0.122. The number of carbonyl (C=O) groups is 2. The van der Waals surface area contributed by atoms with Gasteiger partial charge in [0.2, 0.25) is 0 Å². The van der Waals surface area contributed by atoms with Crippen LogP contribution in [-0.2, 0) is 16.8 Å². The molecule has 4 aromatic rings. The van der Waals surface area contributed by atoms with Crippen LogP contribution in [-0.4, -0.2) is 34.8 Å². The average Bonchev–Trinajstić information content (AvgIpc) is 3.04. The average molecular weight is 557 g/mol. The molecule has 7 heteroatoms. The number of nitriles is 1. The molecular formula is C35H32N4O3. The lowest BCUT2D eigenvalue weighted by Crippen LogP contribution is -2.45. The van der Waals surface area contributed by atoms with Gasteiger partial charge in [-0.3, -0.25) is 9.78 Å². The first-order chi connectivity index (χ1) is 20.4. The monoisotopic (exact) mass is 556 g/mol. The van der Waals surface area contributed by atoms with Gasteiger partial charge in [-0.15, -0.1) is 0 Å². The number of benzene rings is 3. The van der Waals surface area contributed by atoms with Crippen LogP contribution in [0.3, 0.4) is 0 Å². The van der Waals surface area contributed by atoms with Crippen molar-refractivity contribution in [3.63, 3.8) is 0 Å². The van der Waals surface area contributed by atoms with Crippen LogP contribution in [0.4, 0.5) is 5.69 Å². The van der Waals surface area contributed by atoms with Crippen molar-refractivity contribution in [1.29, 1.82) is 5.26 Å². The zero-order valence-corrected chi connectivity index (χ0v) is 23.5. The maximum absolute atomic E-state index is 13.4. The van der Waals surface area contributed by atoms with Crippen LogP contribution in [0, 0.1) is 18.3 Å². The fourth-order valence-electron chi connectivity index (χ4n) is 5.46. The Morgan fingerprint density at radius 3 is 2.33 bits per heavy atom. The minimum Gasteiger partial charge on any atom is -0.457 e. The molecule has 210 valence electrons. The Hall–Kier alpha value is -5.22. The van der Waals surface area contributed by atoms with Gasteiger partial charge in [-0.1, -0.05) is 78.9 Å². The SMILES string of the molecule is Cc1c(C2(C#N)CCN(C(=O)c3cncc(C=Cc4ccccc4)c3)CC2)ccc(N)c1C(=O)OCc1ccccc1. The maximum Gasteiger partial charge on any atom is 0.340 e. The van der Waals surface area contributed by atoms with Crippen LogP contribution in [0.15, 0.2) is 91.3 Å². The zero-order valence-electron chi connectivity index (χ0n) is 23.5. The van der Waals surface area contributed by atoms with E-state index in [9.17, 15) is 14.9 Å². The van der Waals surface area contributed by atoms with E-state index in [1.54, 1.807) is 23.4 Å². The van der Waals surface area contributed by atoms with Gasteiger partial charge in [0.1, 0.15) is 6.61 Å². The maximum atomic E-state index is 13.4. The molecular weight excluding hydrogens is 524 g/mol. The van der Waals surface area contributed by atoms with Crippen LogP contribution in [0.25, 0.3) is 12.2 Å². The number of esters is 1. The smallest absolute Gasteiger partial charge is 0.340 e. The van der Waals surface area contributed by atoms with Crippen molar-refractivity contribution in [3.8, 4) is 6.07 Å². The molecule has 0 saturated carbocycles. The first-order valence-corrected chi connectivity index (χ1v) is 13.9. The van der Waals surface area contributed by atoms with Gasteiger partial charge >= 0.3 is 5.97 Å². The number of likely N-dealkylation sites (tertiary alicyclic amines) is 1. The molecule has 3 aromatic carbocycles. The Labute approximate surface area is 245 Å². The van der Waals surface area contributed by atoms with E-state index in [0.717, 1.165) is 22.3 Å². The highest BCUT2D eigenvalue weighted by atomic mass is 16.5. The lowest BCUT2D eigenvalue weighted by molar-refractivity contribution is 0.0473. The number of carbonyl (C=O) groups excluding carboxylic acids is 2. The molecule has 2 heterocycles.